The van der Waals surface area contributed by atoms with Gasteiger partial charge in [-0.3, -0.25) is 0 Å². The molecular weight excluding hydrogens is 268 g/mol. The van der Waals surface area contributed by atoms with Crippen LogP contribution in [0.1, 0.15) is 11.1 Å². The number of methoxy groups -OCH3 is 1. The third kappa shape index (κ3) is 4.24. The van der Waals surface area contributed by atoms with Gasteiger partial charge in [-0.2, -0.15) is 0 Å². The van der Waals surface area contributed by atoms with Crippen LogP contribution in [0.5, 0.6) is 17.2 Å². The first kappa shape index (κ1) is 14.9. The lowest BCUT2D eigenvalue weighted by Gasteiger charge is -2.09. The van der Waals surface area contributed by atoms with Gasteiger partial charge >= 0.3 is 5.97 Å². The van der Waals surface area contributed by atoms with Gasteiger partial charge in [0.15, 0.2) is 6.61 Å². The topological polar surface area (TPSA) is 44.8 Å². The molecule has 0 unspecified atom stereocenters. The molecule has 4 heteroatoms. The molecule has 0 fully saturated rings. The van der Waals surface area contributed by atoms with E-state index in [1.807, 2.05) is 26.0 Å². The Labute approximate surface area is 124 Å². The van der Waals surface area contributed by atoms with Crippen LogP contribution in [0.4, 0.5) is 0 Å². The SMILES string of the molecule is COc1ccc(OCC(=O)Oc2ccc(C)cc2C)cc1. The zero-order chi connectivity index (χ0) is 15.2. The van der Waals surface area contributed by atoms with Crippen molar-refractivity contribution in [2.24, 2.45) is 0 Å². The Balaban J connectivity index is 1.89. The summed E-state index contributed by atoms with van der Waals surface area (Å²) in [7, 11) is 1.59. The largest absolute Gasteiger partial charge is 0.497 e. The summed E-state index contributed by atoms with van der Waals surface area (Å²) in [5, 5.41) is 0. The van der Waals surface area contributed by atoms with Gasteiger partial charge in [0.05, 0.1) is 7.11 Å². The lowest BCUT2D eigenvalue weighted by atomic mass is 10.1. The van der Waals surface area contributed by atoms with Gasteiger partial charge in [-0.05, 0) is 49.7 Å². The van der Waals surface area contributed by atoms with E-state index in [0.717, 1.165) is 16.9 Å². The van der Waals surface area contributed by atoms with E-state index < -0.39 is 5.97 Å². The lowest BCUT2D eigenvalue weighted by Crippen LogP contribution is -2.18. The third-order valence-corrected chi connectivity index (χ3v) is 2.97. The highest BCUT2D eigenvalue weighted by atomic mass is 16.6. The van der Waals surface area contributed by atoms with Crippen LogP contribution in [0, 0.1) is 13.8 Å². The smallest absolute Gasteiger partial charge is 0.349 e. The number of hydrogen-bond donors (Lipinski definition) is 0. The zero-order valence-electron chi connectivity index (χ0n) is 12.4. The van der Waals surface area contributed by atoms with Crippen LogP contribution in [-0.4, -0.2) is 19.7 Å². The molecule has 110 valence electrons. The molecule has 0 aliphatic carbocycles. The van der Waals surface area contributed by atoms with Crippen molar-refractivity contribution in [2.45, 2.75) is 13.8 Å². The molecule has 0 aliphatic rings. The Kier molecular flexibility index (Phi) is 4.82. The van der Waals surface area contributed by atoms with E-state index in [1.165, 1.54) is 0 Å². The van der Waals surface area contributed by atoms with Crippen LogP contribution in [0.2, 0.25) is 0 Å². The minimum Gasteiger partial charge on any atom is -0.497 e. The van der Waals surface area contributed by atoms with Gasteiger partial charge < -0.3 is 14.2 Å². The van der Waals surface area contributed by atoms with Gasteiger partial charge in [0.1, 0.15) is 17.2 Å². The Hall–Kier alpha value is -2.49. The van der Waals surface area contributed by atoms with Crippen molar-refractivity contribution in [3.05, 3.63) is 53.6 Å². The van der Waals surface area contributed by atoms with Gasteiger partial charge in [-0.25, -0.2) is 4.79 Å². The van der Waals surface area contributed by atoms with Crippen LogP contribution >= 0.6 is 0 Å². The summed E-state index contributed by atoms with van der Waals surface area (Å²) in [6, 6.07) is 12.7. The monoisotopic (exact) mass is 286 g/mol. The first-order valence-corrected chi connectivity index (χ1v) is 6.63. The predicted molar refractivity (Wildman–Crippen MR) is 80.0 cm³/mol. The van der Waals surface area contributed by atoms with Crippen molar-refractivity contribution in [3.8, 4) is 17.2 Å². The molecular formula is C17H18O4. The standard InChI is InChI=1S/C17H18O4/c1-12-4-9-16(13(2)10-12)21-17(18)11-20-15-7-5-14(19-3)6-8-15/h4-10H,11H2,1-3H3. The number of aryl methyl sites for hydroxylation is 2. The van der Waals surface area contributed by atoms with Gasteiger partial charge in [-0.15, -0.1) is 0 Å². The molecule has 0 saturated heterocycles. The number of carbonyl (C=O) groups is 1. The van der Waals surface area contributed by atoms with E-state index in [9.17, 15) is 4.79 Å². The van der Waals surface area contributed by atoms with Gasteiger partial charge in [0.2, 0.25) is 0 Å². The zero-order valence-corrected chi connectivity index (χ0v) is 12.4. The molecule has 2 rings (SSSR count). The number of rotatable bonds is 5. The number of carbonyl (C=O) groups excluding carboxylic acids is 1. The molecule has 2 aromatic rings. The van der Waals surface area contributed by atoms with Crippen LogP contribution in [0.3, 0.4) is 0 Å². The first-order chi connectivity index (χ1) is 10.1. The van der Waals surface area contributed by atoms with Crippen molar-refractivity contribution in [3.63, 3.8) is 0 Å². The van der Waals surface area contributed by atoms with Gasteiger partial charge in [0.25, 0.3) is 0 Å². The molecule has 21 heavy (non-hydrogen) atoms. The average molecular weight is 286 g/mol. The van der Waals surface area contributed by atoms with Crippen molar-refractivity contribution >= 4 is 5.97 Å². The molecule has 0 atom stereocenters. The number of ether oxygens (including phenoxy) is 3. The van der Waals surface area contributed by atoms with E-state index in [0.29, 0.717) is 11.5 Å². The molecule has 0 aromatic heterocycles. The minimum atomic E-state index is -0.433. The Bertz CT molecular complexity index is 617. The second-order valence-electron chi connectivity index (χ2n) is 4.71. The maximum Gasteiger partial charge on any atom is 0.349 e. The summed E-state index contributed by atoms with van der Waals surface area (Å²) < 4.78 is 15.7. The quantitative estimate of drug-likeness (QED) is 0.625. The molecule has 0 radical (unpaired) electrons. The number of benzene rings is 2. The fourth-order valence-corrected chi connectivity index (χ4v) is 1.88. The molecule has 0 N–H and O–H groups in total. The van der Waals surface area contributed by atoms with Crippen molar-refractivity contribution in [1.82, 2.24) is 0 Å². The van der Waals surface area contributed by atoms with Crippen LogP contribution in [-0.2, 0) is 4.79 Å². The van der Waals surface area contributed by atoms with E-state index in [2.05, 4.69) is 0 Å². The number of hydrogen-bond acceptors (Lipinski definition) is 4. The van der Waals surface area contributed by atoms with Gasteiger partial charge in [-0.1, -0.05) is 17.7 Å². The summed E-state index contributed by atoms with van der Waals surface area (Å²) in [4.78, 5) is 11.8. The third-order valence-electron chi connectivity index (χ3n) is 2.97. The average Bonchev–Trinajstić information content (AvgIpc) is 2.48. The van der Waals surface area contributed by atoms with E-state index >= 15 is 0 Å². The van der Waals surface area contributed by atoms with Crippen molar-refractivity contribution in [1.29, 1.82) is 0 Å². The fourth-order valence-electron chi connectivity index (χ4n) is 1.88. The maximum atomic E-state index is 11.8. The molecule has 0 amide bonds. The second kappa shape index (κ2) is 6.79. The lowest BCUT2D eigenvalue weighted by molar-refractivity contribution is -0.136. The van der Waals surface area contributed by atoms with E-state index in [1.54, 1.807) is 37.4 Å². The Morgan fingerprint density at radius 3 is 2.29 bits per heavy atom. The normalized spacial score (nSPS) is 10.0. The first-order valence-electron chi connectivity index (χ1n) is 6.63. The molecule has 0 heterocycles. The second-order valence-corrected chi connectivity index (χ2v) is 4.71. The summed E-state index contributed by atoms with van der Waals surface area (Å²) in [5.74, 6) is 1.45. The summed E-state index contributed by atoms with van der Waals surface area (Å²) in [6.07, 6.45) is 0. The predicted octanol–water partition coefficient (Wildman–Crippen LogP) is 3.30. The van der Waals surface area contributed by atoms with Crippen LogP contribution in [0.15, 0.2) is 42.5 Å². The number of esters is 1. The molecule has 4 nitrogen and oxygen atoms in total. The van der Waals surface area contributed by atoms with E-state index in [-0.39, 0.29) is 6.61 Å². The van der Waals surface area contributed by atoms with Crippen LogP contribution < -0.4 is 14.2 Å². The summed E-state index contributed by atoms with van der Waals surface area (Å²) in [6.45, 7) is 3.75. The van der Waals surface area contributed by atoms with Crippen molar-refractivity contribution in [2.75, 3.05) is 13.7 Å². The molecule has 2 aromatic carbocycles. The highest BCUT2D eigenvalue weighted by molar-refractivity contribution is 5.74. The maximum absolute atomic E-state index is 11.8. The molecule has 0 bridgehead atoms. The van der Waals surface area contributed by atoms with Crippen molar-refractivity contribution < 1.29 is 19.0 Å². The van der Waals surface area contributed by atoms with E-state index in [4.69, 9.17) is 14.2 Å². The highest BCUT2D eigenvalue weighted by Gasteiger charge is 2.08. The Morgan fingerprint density at radius 2 is 1.67 bits per heavy atom. The minimum absolute atomic E-state index is 0.139. The molecule has 0 aliphatic heterocycles. The summed E-state index contributed by atoms with van der Waals surface area (Å²) in [5.41, 5.74) is 2.05. The molecule has 0 spiro atoms. The summed E-state index contributed by atoms with van der Waals surface area (Å²) >= 11 is 0. The fraction of sp³-hybridized carbons (Fsp3) is 0.235. The van der Waals surface area contributed by atoms with Crippen LogP contribution in [0.25, 0.3) is 0 Å². The Morgan fingerprint density at radius 1 is 1.00 bits per heavy atom. The van der Waals surface area contributed by atoms with Gasteiger partial charge in [0, 0.05) is 0 Å². The molecule has 0 saturated carbocycles. The highest BCUT2D eigenvalue weighted by Crippen LogP contribution is 2.20.